The van der Waals surface area contributed by atoms with E-state index in [1.165, 1.54) is 11.8 Å². The third-order valence-corrected chi connectivity index (χ3v) is 6.81. The summed E-state index contributed by atoms with van der Waals surface area (Å²) >= 11 is 1.30. The zero-order valence-electron chi connectivity index (χ0n) is 21.0. The fourth-order valence-electron chi connectivity index (χ4n) is 3.73. The van der Waals surface area contributed by atoms with E-state index >= 15 is 0 Å². The van der Waals surface area contributed by atoms with Gasteiger partial charge < -0.3 is 19.5 Å². The van der Waals surface area contributed by atoms with Gasteiger partial charge in [0.15, 0.2) is 5.17 Å². The number of rotatable bonds is 10. The second-order valence-electron chi connectivity index (χ2n) is 8.18. The maximum absolute atomic E-state index is 13.4. The molecule has 3 aromatic carbocycles. The molecule has 0 aliphatic carbocycles. The van der Waals surface area contributed by atoms with E-state index in [-0.39, 0.29) is 18.2 Å². The van der Waals surface area contributed by atoms with Crippen molar-refractivity contribution in [3.8, 4) is 17.2 Å². The Morgan fingerprint density at radius 3 is 2.11 bits per heavy atom. The van der Waals surface area contributed by atoms with Crippen molar-refractivity contribution in [3.63, 3.8) is 0 Å². The maximum atomic E-state index is 13.4. The molecular weight excluding hydrogens is 490 g/mol. The van der Waals surface area contributed by atoms with Crippen molar-refractivity contribution in [3.05, 3.63) is 78.4 Å². The Morgan fingerprint density at radius 1 is 0.919 bits per heavy atom. The number of nitrogens with zero attached hydrogens (tertiary/aromatic N) is 2. The predicted molar refractivity (Wildman–Crippen MR) is 146 cm³/mol. The topological polar surface area (TPSA) is 89.5 Å². The molecule has 0 saturated carbocycles. The van der Waals surface area contributed by atoms with Crippen LogP contribution in [0.4, 0.5) is 11.4 Å². The van der Waals surface area contributed by atoms with Crippen molar-refractivity contribution in [2.75, 3.05) is 26.1 Å². The molecule has 0 aromatic heterocycles. The molecule has 0 spiro atoms. The van der Waals surface area contributed by atoms with Crippen LogP contribution in [0.2, 0.25) is 0 Å². The summed E-state index contributed by atoms with van der Waals surface area (Å²) in [6, 6.07) is 22.0. The largest absolute Gasteiger partial charge is 0.497 e. The van der Waals surface area contributed by atoms with Crippen LogP contribution in [0.15, 0.2) is 77.8 Å². The van der Waals surface area contributed by atoms with E-state index in [0.29, 0.717) is 29.7 Å². The van der Waals surface area contributed by atoms with Crippen molar-refractivity contribution >= 4 is 40.1 Å². The second kappa shape index (κ2) is 12.3. The summed E-state index contributed by atoms with van der Waals surface area (Å²) in [7, 11) is 3.21. The maximum Gasteiger partial charge on any atom is 0.242 e. The van der Waals surface area contributed by atoms with Gasteiger partial charge in [0.05, 0.1) is 33.1 Å². The highest BCUT2D eigenvalue weighted by atomic mass is 32.2. The lowest BCUT2D eigenvalue weighted by atomic mass is 10.2. The van der Waals surface area contributed by atoms with Gasteiger partial charge in [0.2, 0.25) is 11.8 Å². The smallest absolute Gasteiger partial charge is 0.242 e. The quantitative estimate of drug-likeness (QED) is 0.393. The Kier molecular flexibility index (Phi) is 8.68. The highest BCUT2D eigenvalue weighted by molar-refractivity contribution is 8.15. The number of carbonyl (C=O) groups excluding carboxylic acids is 2. The molecule has 2 amide bonds. The Morgan fingerprint density at radius 2 is 1.51 bits per heavy atom. The molecule has 8 nitrogen and oxygen atoms in total. The van der Waals surface area contributed by atoms with Gasteiger partial charge in [-0.2, -0.15) is 0 Å². The van der Waals surface area contributed by atoms with Gasteiger partial charge in [-0.3, -0.25) is 14.5 Å². The summed E-state index contributed by atoms with van der Waals surface area (Å²) in [5.41, 5.74) is 2.26. The summed E-state index contributed by atoms with van der Waals surface area (Å²) in [4.78, 5) is 32.6. The van der Waals surface area contributed by atoms with E-state index in [9.17, 15) is 9.59 Å². The summed E-state index contributed by atoms with van der Waals surface area (Å²) in [6.07, 6.45) is 0.0253. The first-order chi connectivity index (χ1) is 18.0. The average molecular weight is 520 g/mol. The van der Waals surface area contributed by atoms with Gasteiger partial charge in [-0.15, -0.1) is 0 Å². The zero-order valence-corrected chi connectivity index (χ0v) is 21.8. The Balaban J connectivity index is 1.50. The van der Waals surface area contributed by atoms with E-state index in [2.05, 4.69) is 5.32 Å². The number of benzene rings is 3. The lowest BCUT2D eigenvalue weighted by Crippen LogP contribution is -2.33. The summed E-state index contributed by atoms with van der Waals surface area (Å²) in [5.74, 6) is 1.79. The van der Waals surface area contributed by atoms with E-state index < -0.39 is 5.25 Å². The first-order valence-corrected chi connectivity index (χ1v) is 12.7. The van der Waals surface area contributed by atoms with Crippen LogP contribution in [-0.4, -0.2) is 48.0 Å². The van der Waals surface area contributed by atoms with Crippen LogP contribution in [0.3, 0.4) is 0 Å². The van der Waals surface area contributed by atoms with Crippen molar-refractivity contribution in [1.29, 1.82) is 0 Å². The number of thioether (sulfide) groups is 1. The van der Waals surface area contributed by atoms with Gasteiger partial charge >= 0.3 is 0 Å². The monoisotopic (exact) mass is 519 g/mol. The van der Waals surface area contributed by atoms with Crippen LogP contribution in [0, 0.1) is 0 Å². The molecule has 192 valence electrons. The molecule has 1 N–H and O–H groups in total. The van der Waals surface area contributed by atoms with E-state index in [4.69, 9.17) is 19.2 Å². The van der Waals surface area contributed by atoms with Crippen LogP contribution in [0.25, 0.3) is 0 Å². The molecular formula is C28H29N3O5S. The van der Waals surface area contributed by atoms with Crippen molar-refractivity contribution in [1.82, 2.24) is 4.90 Å². The van der Waals surface area contributed by atoms with Crippen LogP contribution < -0.4 is 19.5 Å². The molecule has 0 radical (unpaired) electrons. The van der Waals surface area contributed by atoms with Crippen molar-refractivity contribution in [2.45, 2.75) is 25.1 Å². The van der Waals surface area contributed by atoms with Gasteiger partial charge in [-0.05, 0) is 73.2 Å². The van der Waals surface area contributed by atoms with Crippen molar-refractivity contribution < 1.29 is 23.8 Å². The number of carbonyl (C=O) groups is 2. The first-order valence-electron chi connectivity index (χ1n) is 11.9. The standard InChI is InChI=1S/C28H29N3O5S/c1-4-36-24-15-9-20(10-16-24)29-26(32)17-25-27(33)31(18-19-5-11-22(34-2)12-6-19)28(37-25)30-21-7-13-23(35-3)14-8-21/h5-16,25H,4,17-18H2,1-3H3,(H,29,32). The first kappa shape index (κ1) is 26.1. The Labute approximate surface area is 220 Å². The fourth-order valence-corrected chi connectivity index (χ4v) is 4.89. The third kappa shape index (κ3) is 6.83. The lowest BCUT2D eigenvalue weighted by Gasteiger charge is -2.17. The SMILES string of the molecule is CCOc1ccc(NC(=O)CC2SC(=Nc3ccc(OC)cc3)N(Cc3ccc(OC)cc3)C2=O)cc1. The second-order valence-corrected chi connectivity index (χ2v) is 9.35. The molecule has 9 heteroatoms. The minimum absolute atomic E-state index is 0.0253. The van der Waals surface area contributed by atoms with Crippen molar-refractivity contribution in [2.24, 2.45) is 4.99 Å². The molecule has 1 heterocycles. The summed E-state index contributed by atoms with van der Waals surface area (Å²) < 4.78 is 15.9. The Hall–Kier alpha value is -3.98. The van der Waals surface area contributed by atoms with Crippen LogP contribution >= 0.6 is 11.8 Å². The number of methoxy groups -OCH3 is 2. The molecule has 4 rings (SSSR count). The molecule has 37 heavy (non-hydrogen) atoms. The number of ether oxygens (including phenoxy) is 3. The minimum atomic E-state index is -0.585. The average Bonchev–Trinajstić information content (AvgIpc) is 3.19. The van der Waals surface area contributed by atoms with Crippen LogP contribution in [0.1, 0.15) is 18.9 Å². The highest BCUT2D eigenvalue weighted by Crippen LogP contribution is 2.33. The van der Waals surface area contributed by atoms with Crippen LogP contribution in [0.5, 0.6) is 17.2 Å². The van der Waals surface area contributed by atoms with E-state index in [0.717, 1.165) is 22.8 Å². The number of amidine groups is 1. The minimum Gasteiger partial charge on any atom is -0.497 e. The van der Waals surface area contributed by atoms with Gasteiger partial charge in [-0.25, -0.2) is 4.99 Å². The number of hydrogen-bond acceptors (Lipinski definition) is 7. The molecule has 0 bridgehead atoms. The molecule has 1 unspecified atom stereocenters. The van der Waals surface area contributed by atoms with Gasteiger partial charge in [0.25, 0.3) is 0 Å². The molecule has 1 atom stereocenters. The lowest BCUT2D eigenvalue weighted by molar-refractivity contribution is -0.128. The molecule has 1 aliphatic rings. The number of anilines is 1. The number of hydrogen-bond donors (Lipinski definition) is 1. The van der Waals surface area contributed by atoms with E-state index in [1.54, 1.807) is 43.4 Å². The molecule has 1 fully saturated rings. The Bertz CT molecular complexity index is 1240. The molecule has 1 aliphatic heterocycles. The summed E-state index contributed by atoms with van der Waals surface area (Å²) in [6.45, 7) is 2.82. The fraction of sp³-hybridized carbons (Fsp3) is 0.250. The number of aliphatic imine (C=N–C) groups is 1. The summed E-state index contributed by atoms with van der Waals surface area (Å²) in [5, 5.41) is 2.83. The van der Waals surface area contributed by atoms with Gasteiger partial charge in [0.1, 0.15) is 22.5 Å². The third-order valence-electron chi connectivity index (χ3n) is 5.64. The normalized spacial score (nSPS) is 16.1. The van der Waals surface area contributed by atoms with Gasteiger partial charge in [-0.1, -0.05) is 23.9 Å². The number of nitrogens with one attached hydrogen (secondary N) is 1. The predicted octanol–water partition coefficient (Wildman–Crippen LogP) is 5.26. The zero-order chi connectivity index (χ0) is 26.2. The van der Waals surface area contributed by atoms with Crippen LogP contribution in [-0.2, 0) is 16.1 Å². The molecule has 1 saturated heterocycles. The highest BCUT2D eigenvalue weighted by Gasteiger charge is 2.39. The molecule has 3 aromatic rings. The van der Waals surface area contributed by atoms with E-state index in [1.807, 2.05) is 55.5 Å². The number of amides is 2. The van der Waals surface area contributed by atoms with Gasteiger partial charge in [0, 0.05) is 12.1 Å².